The summed E-state index contributed by atoms with van der Waals surface area (Å²) in [6, 6.07) is 66.5. The highest BCUT2D eigenvalue weighted by molar-refractivity contribution is 6.17. The quantitative estimate of drug-likeness (QED) is 0.176. The van der Waals surface area contributed by atoms with Crippen molar-refractivity contribution in [2.75, 3.05) is 4.90 Å². The highest BCUT2D eigenvalue weighted by Gasteiger charge is 2.46. The summed E-state index contributed by atoms with van der Waals surface area (Å²) in [5, 5.41) is 4.85. The normalized spacial score (nSPS) is 16.1. The first-order valence-corrected chi connectivity index (χ1v) is 27.6. The lowest BCUT2D eigenvalue weighted by molar-refractivity contribution is 0.649. The Morgan fingerprint density at radius 3 is 1.21 bits per heavy atom. The van der Waals surface area contributed by atoms with Gasteiger partial charge in [0.05, 0.1) is 5.69 Å². The van der Waals surface area contributed by atoms with Crippen LogP contribution in [0, 0.1) is 13.8 Å². The summed E-state index contributed by atoms with van der Waals surface area (Å²) in [4.78, 5) is 2.53. The molecule has 16 rings (SSSR count). The first-order valence-electron chi connectivity index (χ1n) is 27.6. The van der Waals surface area contributed by atoms with E-state index in [1.54, 1.807) is 0 Å². The van der Waals surface area contributed by atoms with E-state index in [0.717, 1.165) is 39.4 Å². The maximum absolute atomic E-state index is 6.63. The van der Waals surface area contributed by atoms with Gasteiger partial charge < -0.3 is 13.7 Å². The molecule has 0 N–H and O–H groups in total. The number of rotatable bonds is 4. The molecular formula is C74H59NO2. The van der Waals surface area contributed by atoms with Crippen LogP contribution < -0.4 is 4.90 Å². The molecule has 3 heteroatoms. The van der Waals surface area contributed by atoms with E-state index in [1.165, 1.54) is 133 Å². The second kappa shape index (κ2) is 14.7. The molecule has 0 aliphatic heterocycles. The Morgan fingerprint density at radius 2 is 0.714 bits per heavy atom. The summed E-state index contributed by atoms with van der Waals surface area (Å²) in [6.45, 7) is 23.8. The second-order valence-corrected chi connectivity index (χ2v) is 24.9. The predicted octanol–water partition coefficient (Wildman–Crippen LogP) is 20.5. The minimum atomic E-state index is -0.281. The van der Waals surface area contributed by atoms with Crippen molar-refractivity contribution in [3.63, 3.8) is 0 Å². The first kappa shape index (κ1) is 44.9. The van der Waals surface area contributed by atoms with Crippen LogP contribution in [0.4, 0.5) is 17.1 Å². The summed E-state index contributed by atoms with van der Waals surface area (Å²) < 4.78 is 13.3. The van der Waals surface area contributed by atoms with E-state index in [2.05, 4.69) is 250 Å². The fourth-order valence-corrected chi connectivity index (χ4v) is 15.2. The smallest absolute Gasteiger partial charge is 0.138 e. The molecule has 0 amide bonds. The molecule has 2 aromatic heterocycles. The Kier molecular flexibility index (Phi) is 8.59. The van der Waals surface area contributed by atoms with Gasteiger partial charge in [0.25, 0.3) is 0 Å². The van der Waals surface area contributed by atoms with Crippen LogP contribution in [-0.2, 0) is 21.7 Å². The van der Waals surface area contributed by atoms with Crippen molar-refractivity contribution in [3.05, 3.63) is 232 Å². The zero-order valence-electron chi connectivity index (χ0n) is 45.5. The van der Waals surface area contributed by atoms with Crippen molar-refractivity contribution in [1.29, 1.82) is 0 Å². The predicted molar refractivity (Wildman–Crippen MR) is 321 cm³/mol. The Morgan fingerprint density at radius 1 is 0.325 bits per heavy atom. The molecule has 10 aromatic carbocycles. The van der Waals surface area contributed by atoms with E-state index < -0.39 is 0 Å². The molecule has 0 unspecified atom stereocenters. The monoisotopic (exact) mass is 993 g/mol. The maximum atomic E-state index is 6.63. The third-order valence-corrected chi connectivity index (χ3v) is 19.2. The van der Waals surface area contributed by atoms with Gasteiger partial charge in [-0.05, 0) is 186 Å². The molecule has 12 aromatic rings. The third-order valence-electron chi connectivity index (χ3n) is 19.2. The van der Waals surface area contributed by atoms with Crippen LogP contribution in [0.1, 0.15) is 111 Å². The summed E-state index contributed by atoms with van der Waals surface area (Å²) in [5.41, 5.74) is 32.7. The average molecular weight is 994 g/mol. The molecule has 372 valence electrons. The number of para-hydroxylation sites is 3. The fraction of sp³-hybridized carbons (Fsp3) is 0.189. The minimum absolute atomic E-state index is 0.191. The van der Waals surface area contributed by atoms with Gasteiger partial charge in [0.1, 0.15) is 22.3 Å². The molecule has 4 aliphatic rings. The molecular weight excluding hydrogens is 935 g/mol. The van der Waals surface area contributed by atoms with Crippen LogP contribution in [0.3, 0.4) is 0 Å². The zero-order chi connectivity index (χ0) is 52.4. The lowest BCUT2D eigenvalue weighted by Gasteiger charge is -2.31. The average Bonchev–Trinajstić information content (AvgIpc) is 4.35. The van der Waals surface area contributed by atoms with Crippen LogP contribution in [0.5, 0.6) is 0 Å². The van der Waals surface area contributed by atoms with Gasteiger partial charge in [-0.15, -0.1) is 0 Å². The molecule has 0 radical (unpaired) electrons. The summed E-state index contributed by atoms with van der Waals surface area (Å²) in [6.07, 6.45) is 0. The van der Waals surface area contributed by atoms with Gasteiger partial charge in [-0.3, -0.25) is 0 Å². The van der Waals surface area contributed by atoms with Crippen LogP contribution in [0.2, 0.25) is 0 Å². The number of hydrogen-bond donors (Lipinski definition) is 0. The number of hydrogen-bond acceptors (Lipinski definition) is 3. The van der Waals surface area contributed by atoms with E-state index in [4.69, 9.17) is 8.83 Å². The molecule has 4 aliphatic carbocycles. The first-order chi connectivity index (χ1) is 37.0. The summed E-state index contributed by atoms with van der Waals surface area (Å²) >= 11 is 0. The third kappa shape index (κ3) is 5.67. The van der Waals surface area contributed by atoms with Crippen molar-refractivity contribution < 1.29 is 8.83 Å². The standard InChI is InChI=1S/C74H59NO2/c1-40-32-60-65(67-48-23-15-18-26-63(48)76-69(40)67)52-38-56-50(36-58(52)73(60,7)8)46-30-28-43(34-54(46)71(56,3)4)75(62-25-17-14-22-45(62)42-20-12-11-13-21-42)44-29-31-47-51-37-59-53(39-57(51)72(5,6)55(47)35-44)66-61(74(59,9)10)33-41(2)70-68(66)49-24-16-19-27-64(49)77-70/h11-39H,1-10H3. The van der Waals surface area contributed by atoms with Crippen molar-refractivity contribution in [2.24, 2.45) is 0 Å². The van der Waals surface area contributed by atoms with E-state index in [9.17, 15) is 0 Å². The van der Waals surface area contributed by atoms with Gasteiger partial charge in [-0.1, -0.05) is 165 Å². The van der Waals surface area contributed by atoms with Crippen molar-refractivity contribution in [1.82, 2.24) is 0 Å². The lowest BCUT2D eigenvalue weighted by Crippen LogP contribution is -2.18. The summed E-state index contributed by atoms with van der Waals surface area (Å²) in [7, 11) is 0. The number of benzene rings is 10. The van der Waals surface area contributed by atoms with Gasteiger partial charge in [0, 0.05) is 60.1 Å². The Balaban J connectivity index is 0.862. The molecule has 3 nitrogen and oxygen atoms in total. The number of furan rings is 2. The Hall–Kier alpha value is -8.40. The fourth-order valence-electron chi connectivity index (χ4n) is 15.2. The van der Waals surface area contributed by atoms with Gasteiger partial charge in [-0.25, -0.2) is 0 Å². The second-order valence-electron chi connectivity index (χ2n) is 24.9. The molecule has 2 heterocycles. The SMILES string of the molecule is Cc1cc2c(c3c1oc1ccccc13)-c1cc3c(cc1C2(C)C)-c1ccc(N(c2ccc4c(c2)C(C)(C)c2cc5c(cc2-4)C(C)(C)c2cc(C)c4oc6ccccc6c4c2-5)c2ccccc2-c2ccccc2)cc1C3(C)C. The van der Waals surface area contributed by atoms with Crippen LogP contribution in [-0.4, -0.2) is 0 Å². The highest BCUT2D eigenvalue weighted by Crippen LogP contribution is 2.62. The number of fused-ring (bicyclic) bond motifs is 20. The van der Waals surface area contributed by atoms with Gasteiger partial charge in [0.2, 0.25) is 0 Å². The van der Waals surface area contributed by atoms with E-state index >= 15 is 0 Å². The van der Waals surface area contributed by atoms with Crippen LogP contribution >= 0.6 is 0 Å². The van der Waals surface area contributed by atoms with Crippen molar-refractivity contribution in [2.45, 2.75) is 90.9 Å². The van der Waals surface area contributed by atoms with Gasteiger partial charge in [0.15, 0.2) is 0 Å². The number of aryl methyl sites for hydroxylation is 2. The molecule has 0 atom stereocenters. The molecule has 0 spiro atoms. The Bertz CT molecular complexity index is 4390. The molecule has 0 saturated carbocycles. The molecule has 0 fully saturated rings. The lowest BCUT2D eigenvalue weighted by atomic mass is 9.79. The van der Waals surface area contributed by atoms with Gasteiger partial charge in [-0.2, -0.15) is 0 Å². The maximum Gasteiger partial charge on any atom is 0.138 e. The topological polar surface area (TPSA) is 29.5 Å². The summed E-state index contributed by atoms with van der Waals surface area (Å²) in [5.74, 6) is 0. The van der Waals surface area contributed by atoms with E-state index in [0.29, 0.717) is 0 Å². The van der Waals surface area contributed by atoms with Crippen molar-refractivity contribution in [3.8, 4) is 55.6 Å². The minimum Gasteiger partial charge on any atom is -0.456 e. The van der Waals surface area contributed by atoms with Crippen molar-refractivity contribution >= 4 is 60.9 Å². The molecule has 0 saturated heterocycles. The van der Waals surface area contributed by atoms with E-state index in [-0.39, 0.29) is 21.7 Å². The molecule has 0 bridgehead atoms. The van der Waals surface area contributed by atoms with Crippen LogP contribution in [0.25, 0.3) is 99.5 Å². The number of anilines is 3. The largest absolute Gasteiger partial charge is 0.456 e. The van der Waals surface area contributed by atoms with Crippen LogP contribution in [0.15, 0.2) is 185 Å². The number of nitrogens with zero attached hydrogens (tertiary/aromatic N) is 1. The van der Waals surface area contributed by atoms with E-state index in [1.807, 2.05) is 0 Å². The zero-order valence-corrected chi connectivity index (χ0v) is 45.5. The molecule has 77 heavy (non-hydrogen) atoms. The highest BCUT2D eigenvalue weighted by atomic mass is 16.3. The van der Waals surface area contributed by atoms with Gasteiger partial charge >= 0.3 is 0 Å². The Labute approximate surface area is 450 Å².